The van der Waals surface area contributed by atoms with Gasteiger partial charge in [-0.3, -0.25) is 10.1 Å². The molecule has 0 fully saturated rings. The fraction of sp³-hybridized carbons (Fsp3) is 0.0625. The Hall–Kier alpha value is -3.02. The van der Waals surface area contributed by atoms with Crippen LogP contribution in [0.15, 0.2) is 54.6 Å². The summed E-state index contributed by atoms with van der Waals surface area (Å²) in [6.07, 6.45) is 2.75. The van der Waals surface area contributed by atoms with Crippen molar-refractivity contribution in [1.82, 2.24) is 0 Å². The number of rotatable bonds is 5. The highest BCUT2D eigenvalue weighted by Gasteiger charge is 2.05. The van der Waals surface area contributed by atoms with Crippen LogP contribution in [0, 0.1) is 15.9 Å². The summed E-state index contributed by atoms with van der Waals surface area (Å²) in [7, 11) is 0. The molecular weight excluding hydrogens is 289 g/mol. The molecule has 6 heteroatoms. The minimum Gasteiger partial charge on any atom is -0.458 e. The highest BCUT2D eigenvalue weighted by atomic mass is 19.1. The number of non-ortho nitro benzene ring substituents is 1. The minimum atomic E-state index is -0.553. The Kier molecular flexibility index (Phi) is 4.98. The number of nitro benzene ring substituents is 1. The van der Waals surface area contributed by atoms with E-state index in [4.69, 9.17) is 4.74 Å². The normalized spacial score (nSPS) is 10.6. The second-order valence-corrected chi connectivity index (χ2v) is 4.42. The topological polar surface area (TPSA) is 69.4 Å². The van der Waals surface area contributed by atoms with Gasteiger partial charge in [-0.1, -0.05) is 12.1 Å². The third-order valence-electron chi connectivity index (χ3n) is 2.81. The van der Waals surface area contributed by atoms with E-state index in [2.05, 4.69) is 0 Å². The summed E-state index contributed by atoms with van der Waals surface area (Å²) in [5, 5.41) is 10.5. The van der Waals surface area contributed by atoms with Gasteiger partial charge < -0.3 is 4.74 Å². The summed E-state index contributed by atoms with van der Waals surface area (Å²) >= 11 is 0. The Morgan fingerprint density at radius 3 is 2.36 bits per heavy atom. The Labute approximate surface area is 125 Å². The molecule has 0 atom stereocenters. The van der Waals surface area contributed by atoms with Crippen LogP contribution in [0.3, 0.4) is 0 Å². The van der Waals surface area contributed by atoms with E-state index in [0.717, 1.165) is 0 Å². The molecule has 0 saturated carbocycles. The van der Waals surface area contributed by atoms with Crippen molar-refractivity contribution in [1.29, 1.82) is 0 Å². The monoisotopic (exact) mass is 301 g/mol. The maximum Gasteiger partial charge on any atom is 0.331 e. The lowest BCUT2D eigenvalue weighted by Gasteiger charge is -2.02. The Balaban J connectivity index is 1.87. The van der Waals surface area contributed by atoms with Crippen LogP contribution in [0.25, 0.3) is 6.08 Å². The molecule has 0 aliphatic heterocycles. The van der Waals surface area contributed by atoms with Crippen molar-refractivity contribution in [3.8, 4) is 0 Å². The van der Waals surface area contributed by atoms with Gasteiger partial charge in [0.05, 0.1) is 4.92 Å². The maximum atomic E-state index is 12.7. The molecular formula is C16H12FNO4. The van der Waals surface area contributed by atoms with Crippen LogP contribution < -0.4 is 0 Å². The first-order chi connectivity index (χ1) is 10.5. The zero-order valence-corrected chi connectivity index (χ0v) is 11.4. The second kappa shape index (κ2) is 7.12. The van der Waals surface area contributed by atoms with E-state index in [1.807, 2.05) is 0 Å². The summed E-state index contributed by atoms with van der Waals surface area (Å²) in [5.41, 5.74) is 1.30. The fourth-order valence-electron chi connectivity index (χ4n) is 1.65. The highest BCUT2D eigenvalue weighted by molar-refractivity contribution is 5.87. The molecule has 0 aliphatic carbocycles. The molecule has 0 saturated heterocycles. The van der Waals surface area contributed by atoms with E-state index in [1.54, 1.807) is 0 Å². The van der Waals surface area contributed by atoms with Crippen LogP contribution in [0.2, 0.25) is 0 Å². The summed E-state index contributed by atoms with van der Waals surface area (Å²) in [5.74, 6) is -0.902. The van der Waals surface area contributed by atoms with Gasteiger partial charge in [-0.25, -0.2) is 9.18 Å². The molecule has 0 N–H and O–H groups in total. The van der Waals surface area contributed by atoms with Crippen molar-refractivity contribution < 1.29 is 18.8 Å². The van der Waals surface area contributed by atoms with Crippen molar-refractivity contribution >= 4 is 17.7 Å². The largest absolute Gasteiger partial charge is 0.458 e. The van der Waals surface area contributed by atoms with Crippen LogP contribution in [-0.2, 0) is 16.1 Å². The predicted octanol–water partition coefficient (Wildman–Crippen LogP) is 3.49. The first-order valence-corrected chi connectivity index (χ1v) is 6.38. The summed E-state index contributed by atoms with van der Waals surface area (Å²) in [6, 6.07) is 11.4. The quantitative estimate of drug-likeness (QED) is 0.367. The fourth-order valence-corrected chi connectivity index (χ4v) is 1.65. The number of halogens is 1. The molecule has 5 nitrogen and oxygen atoms in total. The highest BCUT2D eigenvalue weighted by Crippen LogP contribution is 2.12. The zero-order chi connectivity index (χ0) is 15.9. The molecule has 112 valence electrons. The van der Waals surface area contributed by atoms with Crippen LogP contribution in [0.4, 0.5) is 10.1 Å². The van der Waals surface area contributed by atoms with Gasteiger partial charge in [0.1, 0.15) is 12.4 Å². The van der Waals surface area contributed by atoms with E-state index < -0.39 is 10.9 Å². The van der Waals surface area contributed by atoms with Gasteiger partial charge in [0.15, 0.2) is 0 Å². The third kappa shape index (κ3) is 4.52. The molecule has 2 aromatic rings. The van der Waals surface area contributed by atoms with Gasteiger partial charge in [0.2, 0.25) is 0 Å². The third-order valence-corrected chi connectivity index (χ3v) is 2.81. The van der Waals surface area contributed by atoms with Gasteiger partial charge in [-0.2, -0.15) is 0 Å². The number of ether oxygens (including phenoxy) is 1. The van der Waals surface area contributed by atoms with Crippen LogP contribution in [-0.4, -0.2) is 10.9 Å². The van der Waals surface area contributed by atoms with Crippen LogP contribution in [0.1, 0.15) is 11.1 Å². The van der Waals surface area contributed by atoms with Crippen molar-refractivity contribution in [2.45, 2.75) is 6.61 Å². The Bertz CT molecular complexity index is 693. The van der Waals surface area contributed by atoms with E-state index in [9.17, 15) is 19.3 Å². The van der Waals surface area contributed by atoms with E-state index in [0.29, 0.717) is 11.1 Å². The van der Waals surface area contributed by atoms with Gasteiger partial charge in [0, 0.05) is 18.2 Å². The smallest absolute Gasteiger partial charge is 0.331 e. The second-order valence-electron chi connectivity index (χ2n) is 4.42. The minimum absolute atomic E-state index is 0.0184. The number of nitro groups is 1. The lowest BCUT2D eigenvalue weighted by molar-refractivity contribution is -0.384. The molecule has 0 amide bonds. The summed E-state index contributed by atoms with van der Waals surface area (Å²) in [4.78, 5) is 21.5. The molecule has 2 aromatic carbocycles. The van der Waals surface area contributed by atoms with E-state index in [1.165, 1.54) is 60.7 Å². The van der Waals surface area contributed by atoms with Crippen molar-refractivity contribution in [2.75, 3.05) is 0 Å². The molecule has 2 rings (SSSR count). The van der Waals surface area contributed by atoms with E-state index in [-0.39, 0.29) is 18.1 Å². The van der Waals surface area contributed by atoms with Crippen molar-refractivity contribution in [2.24, 2.45) is 0 Å². The van der Waals surface area contributed by atoms with Crippen LogP contribution in [0.5, 0.6) is 0 Å². The zero-order valence-electron chi connectivity index (χ0n) is 11.4. The van der Waals surface area contributed by atoms with Crippen molar-refractivity contribution in [3.63, 3.8) is 0 Å². The lowest BCUT2D eigenvalue weighted by atomic mass is 10.2. The predicted molar refractivity (Wildman–Crippen MR) is 78.3 cm³/mol. The van der Waals surface area contributed by atoms with Gasteiger partial charge in [-0.15, -0.1) is 0 Å². The molecule has 0 spiro atoms. The van der Waals surface area contributed by atoms with Gasteiger partial charge >= 0.3 is 5.97 Å². The lowest BCUT2D eigenvalue weighted by Crippen LogP contribution is -2.00. The molecule has 0 aliphatic rings. The Morgan fingerprint density at radius 1 is 1.14 bits per heavy atom. The number of esters is 1. The standard InChI is InChI=1S/C16H12FNO4/c17-14-6-1-12(2-7-14)5-10-16(19)22-11-13-3-8-15(9-4-13)18(20)21/h1-10H,11H2/b10-5+. The number of carbonyl (C=O) groups excluding carboxylic acids is 1. The molecule has 0 radical (unpaired) electrons. The average molecular weight is 301 g/mol. The molecule has 0 aromatic heterocycles. The number of carbonyl (C=O) groups is 1. The molecule has 22 heavy (non-hydrogen) atoms. The molecule has 0 unspecified atom stereocenters. The number of benzene rings is 2. The van der Waals surface area contributed by atoms with E-state index >= 15 is 0 Å². The summed E-state index contributed by atoms with van der Waals surface area (Å²) in [6.45, 7) is 0.0184. The van der Waals surface area contributed by atoms with Gasteiger partial charge in [-0.05, 0) is 41.5 Å². The molecule has 0 heterocycles. The van der Waals surface area contributed by atoms with Crippen molar-refractivity contribution in [3.05, 3.63) is 81.7 Å². The summed E-state index contributed by atoms with van der Waals surface area (Å²) < 4.78 is 17.7. The van der Waals surface area contributed by atoms with Gasteiger partial charge in [0.25, 0.3) is 5.69 Å². The first-order valence-electron chi connectivity index (χ1n) is 6.38. The number of nitrogens with zero attached hydrogens (tertiary/aromatic N) is 1. The SMILES string of the molecule is O=C(/C=C/c1ccc(F)cc1)OCc1ccc([N+](=O)[O-])cc1. The first kappa shape index (κ1) is 15.4. The number of hydrogen-bond donors (Lipinski definition) is 0. The van der Waals surface area contributed by atoms with Crippen LogP contribution >= 0.6 is 0 Å². The average Bonchev–Trinajstić information content (AvgIpc) is 2.52. The number of hydrogen-bond acceptors (Lipinski definition) is 4. The maximum absolute atomic E-state index is 12.7. The molecule has 0 bridgehead atoms. The Morgan fingerprint density at radius 2 is 1.77 bits per heavy atom.